The molecule has 1 aromatic rings. The van der Waals surface area contributed by atoms with Gasteiger partial charge in [0.25, 0.3) is 0 Å². The van der Waals surface area contributed by atoms with Crippen LogP contribution in [0.15, 0.2) is 18.2 Å². The summed E-state index contributed by atoms with van der Waals surface area (Å²) in [6, 6.07) is 5.77. The third-order valence-electron chi connectivity index (χ3n) is 2.99. The lowest BCUT2D eigenvalue weighted by molar-refractivity contribution is -0.114. The summed E-state index contributed by atoms with van der Waals surface area (Å²) in [6.45, 7) is 8.05. The van der Waals surface area contributed by atoms with Crippen molar-refractivity contribution in [3.63, 3.8) is 0 Å². The van der Waals surface area contributed by atoms with Gasteiger partial charge >= 0.3 is 7.60 Å². The third kappa shape index (κ3) is 4.75. The van der Waals surface area contributed by atoms with Crippen LogP contribution in [0.4, 0.5) is 5.69 Å². The highest BCUT2D eigenvalue weighted by molar-refractivity contribution is 7.52. The van der Waals surface area contributed by atoms with E-state index in [2.05, 4.69) is 5.32 Å². The zero-order chi connectivity index (χ0) is 15.5. The molecule has 0 aliphatic carbocycles. The van der Waals surface area contributed by atoms with Crippen LogP contribution in [0.1, 0.15) is 50.7 Å². The van der Waals surface area contributed by atoms with Crippen LogP contribution in [0.2, 0.25) is 0 Å². The van der Waals surface area contributed by atoms with Crippen molar-refractivity contribution in [2.24, 2.45) is 0 Å². The topological polar surface area (TPSA) is 86.6 Å². The van der Waals surface area contributed by atoms with E-state index in [9.17, 15) is 9.36 Å². The fraction of sp³-hybridized carbons (Fsp3) is 0.500. The van der Waals surface area contributed by atoms with Crippen molar-refractivity contribution in [2.75, 3.05) is 11.5 Å². The van der Waals surface area contributed by atoms with Gasteiger partial charge in [-0.25, -0.2) is 0 Å². The fourth-order valence-electron chi connectivity index (χ4n) is 2.06. The SMILES string of the molecule is CC(C)c1cccc(C(C)C)c1NC(=O)CP(=O)(O)O. The molecule has 0 fully saturated rings. The van der Waals surface area contributed by atoms with Gasteiger partial charge < -0.3 is 15.1 Å². The summed E-state index contributed by atoms with van der Waals surface area (Å²) in [5.41, 5.74) is 2.61. The molecule has 0 atom stereocenters. The first kappa shape index (κ1) is 16.9. The monoisotopic (exact) mass is 299 g/mol. The minimum atomic E-state index is -4.35. The molecule has 0 saturated heterocycles. The average Bonchev–Trinajstić information content (AvgIpc) is 2.25. The summed E-state index contributed by atoms with van der Waals surface area (Å²) < 4.78 is 10.9. The summed E-state index contributed by atoms with van der Waals surface area (Å²) in [6.07, 6.45) is -0.795. The number of amides is 1. The summed E-state index contributed by atoms with van der Waals surface area (Å²) >= 11 is 0. The molecule has 0 bridgehead atoms. The number of para-hydroxylation sites is 1. The highest BCUT2D eigenvalue weighted by Gasteiger charge is 2.22. The van der Waals surface area contributed by atoms with Crippen molar-refractivity contribution in [3.05, 3.63) is 29.3 Å². The summed E-state index contributed by atoms with van der Waals surface area (Å²) in [4.78, 5) is 29.5. The summed E-state index contributed by atoms with van der Waals surface area (Å²) in [5, 5.41) is 2.67. The van der Waals surface area contributed by atoms with Crippen LogP contribution < -0.4 is 5.32 Å². The van der Waals surface area contributed by atoms with Gasteiger partial charge in [-0.3, -0.25) is 9.36 Å². The fourth-order valence-corrected chi connectivity index (χ4v) is 2.51. The molecular weight excluding hydrogens is 277 g/mol. The van der Waals surface area contributed by atoms with Crippen molar-refractivity contribution in [1.29, 1.82) is 0 Å². The lowest BCUT2D eigenvalue weighted by atomic mass is 9.92. The van der Waals surface area contributed by atoms with Gasteiger partial charge in [0.05, 0.1) is 0 Å². The van der Waals surface area contributed by atoms with E-state index in [-0.39, 0.29) is 11.8 Å². The van der Waals surface area contributed by atoms with Crippen LogP contribution in [0, 0.1) is 0 Å². The zero-order valence-electron chi connectivity index (χ0n) is 12.3. The molecule has 112 valence electrons. The number of benzene rings is 1. The van der Waals surface area contributed by atoms with Gasteiger partial charge in [0.15, 0.2) is 0 Å². The Morgan fingerprint density at radius 3 is 1.95 bits per heavy atom. The van der Waals surface area contributed by atoms with E-state index in [0.29, 0.717) is 5.69 Å². The maximum atomic E-state index is 11.8. The van der Waals surface area contributed by atoms with Crippen LogP contribution >= 0.6 is 7.60 Å². The predicted octanol–water partition coefficient (Wildman–Crippen LogP) is 3.05. The molecule has 0 aliphatic rings. The number of carbonyl (C=O) groups excluding carboxylic acids is 1. The Morgan fingerprint density at radius 2 is 1.60 bits per heavy atom. The minimum Gasteiger partial charge on any atom is -0.325 e. The minimum absolute atomic E-state index is 0.207. The molecular formula is C14H22NO4P. The normalized spacial score (nSPS) is 12.0. The van der Waals surface area contributed by atoms with E-state index < -0.39 is 19.7 Å². The number of hydrogen-bond acceptors (Lipinski definition) is 2. The number of hydrogen-bond donors (Lipinski definition) is 3. The summed E-state index contributed by atoms with van der Waals surface area (Å²) in [5.74, 6) is -0.244. The molecule has 20 heavy (non-hydrogen) atoms. The first-order valence-electron chi connectivity index (χ1n) is 6.59. The number of rotatable bonds is 5. The second-order valence-electron chi connectivity index (χ2n) is 5.49. The van der Waals surface area contributed by atoms with E-state index in [4.69, 9.17) is 9.79 Å². The quantitative estimate of drug-likeness (QED) is 0.729. The molecule has 1 rings (SSSR count). The Labute approximate surface area is 119 Å². The van der Waals surface area contributed by atoms with E-state index in [1.54, 1.807) is 0 Å². The van der Waals surface area contributed by atoms with Crippen molar-refractivity contribution in [1.82, 2.24) is 0 Å². The van der Waals surface area contributed by atoms with E-state index >= 15 is 0 Å². The molecule has 1 aromatic carbocycles. The van der Waals surface area contributed by atoms with Crippen molar-refractivity contribution >= 4 is 19.2 Å². The Bertz CT molecular complexity index is 508. The third-order valence-corrected chi connectivity index (χ3v) is 3.69. The highest BCUT2D eigenvalue weighted by atomic mass is 31.2. The lowest BCUT2D eigenvalue weighted by Gasteiger charge is -2.20. The van der Waals surface area contributed by atoms with Gasteiger partial charge in [0.2, 0.25) is 5.91 Å². The maximum absolute atomic E-state index is 11.8. The molecule has 0 radical (unpaired) electrons. The zero-order valence-corrected chi connectivity index (χ0v) is 13.1. The Kier molecular flexibility index (Phi) is 5.51. The van der Waals surface area contributed by atoms with Crippen molar-refractivity contribution < 1.29 is 19.1 Å². The van der Waals surface area contributed by atoms with Crippen LogP contribution in [0.5, 0.6) is 0 Å². The predicted molar refractivity (Wildman–Crippen MR) is 80.2 cm³/mol. The van der Waals surface area contributed by atoms with Gasteiger partial charge in [-0.15, -0.1) is 0 Å². The van der Waals surface area contributed by atoms with Crippen LogP contribution in [-0.4, -0.2) is 21.9 Å². The van der Waals surface area contributed by atoms with Gasteiger partial charge in [0.1, 0.15) is 6.16 Å². The number of anilines is 1. The molecule has 0 heterocycles. The molecule has 0 unspecified atom stereocenters. The second kappa shape index (κ2) is 6.53. The first-order valence-corrected chi connectivity index (χ1v) is 8.38. The highest BCUT2D eigenvalue weighted by Crippen LogP contribution is 2.36. The van der Waals surface area contributed by atoms with Gasteiger partial charge in [-0.2, -0.15) is 0 Å². The number of carbonyl (C=O) groups is 1. The molecule has 0 spiro atoms. The largest absolute Gasteiger partial charge is 0.334 e. The van der Waals surface area contributed by atoms with Gasteiger partial charge in [0, 0.05) is 5.69 Å². The average molecular weight is 299 g/mol. The molecule has 0 saturated carbocycles. The molecule has 6 heteroatoms. The molecule has 5 nitrogen and oxygen atoms in total. The van der Waals surface area contributed by atoms with Gasteiger partial charge in [-0.05, 0) is 23.0 Å². The van der Waals surface area contributed by atoms with Crippen LogP contribution in [0.25, 0.3) is 0 Å². The standard InChI is InChI=1S/C14H22NO4P/c1-9(2)11-6-5-7-12(10(3)4)14(11)15-13(16)8-20(17,18)19/h5-7,9-10H,8H2,1-4H3,(H,15,16)(H2,17,18,19). The van der Waals surface area contributed by atoms with Gasteiger partial charge in [-0.1, -0.05) is 45.9 Å². The smallest absolute Gasteiger partial charge is 0.325 e. The molecule has 0 aliphatic heterocycles. The van der Waals surface area contributed by atoms with Crippen LogP contribution in [0.3, 0.4) is 0 Å². The Hall–Kier alpha value is -1.16. The molecule has 0 aromatic heterocycles. The summed E-state index contributed by atoms with van der Waals surface area (Å²) in [7, 11) is -4.35. The van der Waals surface area contributed by atoms with Crippen molar-refractivity contribution in [2.45, 2.75) is 39.5 Å². The second-order valence-corrected chi connectivity index (χ2v) is 7.14. The Balaban J connectivity index is 3.14. The lowest BCUT2D eigenvalue weighted by Crippen LogP contribution is -2.19. The first-order chi connectivity index (χ1) is 9.11. The van der Waals surface area contributed by atoms with E-state index in [0.717, 1.165) is 11.1 Å². The van der Waals surface area contributed by atoms with Crippen molar-refractivity contribution in [3.8, 4) is 0 Å². The van der Waals surface area contributed by atoms with E-state index in [1.165, 1.54) is 0 Å². The van der Waals surface area contributed by atoms with Crippen LogP contribution in [-0.2, 0) is 9.36 Å². The maximum Gasteiger partial charge on any atom is 0.334 e. The molecule has 1 amide bonds. The Morgan fingerprint density at radius 1 is 1.15 bits per heavy atom. The number of nitrogens with one attached hydrogen (secondary N) is 1. The molecule has 3 N–H and O–H groups in total. The van der Waals surface area contributed by atoms with E-state index in [1.807, 2.05) is 45.9 Å².